The molecule has 180 valence electrons. The highest BCUT2D eigenvalue weighted by atomic mass is 32.2. The Morgan fingerprint density at radius 2 is 1.71 bits per heavy atom. The molecule has 35 heavy (non-hydrogen) atoms. The van der Waals surface area contributed by atoms with Crippen LogP contribution in [0.25, 0.3) is 17.3 Å². The van der Waals surface area contributed by atoms with E-state index in [4.69, 9.17) is 9.15 Å². The molecule has 5 rings (SSSR count). The van der Waals surface area contributed by atoms with Crippen molar-refractivity contribution in [3.8, 4) is 23.0 Å². The van der Waals surface area contributed by atoms with E-state index in [0.717, 1.165) is 24.5 Å². The molecule has 9 heteroatoms. The second-order valence-corrected chi connectivity index (χ2v) is 8.98. The molecule has 1 fully saturated rings. The van der Waals surface area contributed by atoms with Gasteiger partial charge in [-0.05, 0) is 55.5 Å². The SMILES string of the molecule is CCOc1ccc(-n2c(SCC(=O)N3CCN(c4ccccc4)CC3)nnc2-c2ccco2)cc1. The van der Waals surface area contributed by atoms with E-state index in [1.54, 1.807) is 6.26 Å². The van der Waals surface area contributed by atoms with E-state index in [1.807, 2.05) is 71.0 Å². The summed E-state index contributed by atoms with van der Waals surface area (Å²) in [5.74, 6) is 2.39. The van der Waals surface area contributed by atoms with Crippen molar-refractivity contribution in [2.45, 2.75) is 12.1 Å². The summed E-state index contributed by atoms with van der Waals surface area (Å²) >= 11 is 1.39. The van der Waals surface area contributed by atoms with Gasteiger partial charge in [0.15, 0.2) is 10.9 Å². The quantitative estimate of drug-likeness (QED) is 0.340. The number of carbonyl (C=O) groups excluding carboxylic acids is 1. The summed E-state index contributed by atoms with van der Waals surface area (Å²) in [6, 6.07) is 21.7. The Kier molecular flexibility index (Phi) is 7.04. The number of ether oxygens (including phenoxy) is 1. The number of nitrogens with zero attached hydrogens (tertiary/aromatic N) is 5. The number of anilines is 1. The highest BCUT2D eigenvalue weighted by Gasteiger charge is 2.23. The Labute approximate surface area is 208 Å². The number of hydrogen-bond donors (Lipinski definition) is 0. The maximum Gasteiger partial charge on any atom is 0.233 e. The second-order valence-electron chi connectivity index (χ2n) is 8.04. The van der Waals surface area contributed by atoms with Crippen molar-refractivity contribution in [2.75, 3.05) is 43.4 Å². The number of piperazine rings is 1. The van der Waals surface area contributed by atoms with Crippen molar-refractivity contribution < 1.29 is 13.9 Å². The maximum absolute atomic E-state index is 13.0. The average molecular weight is 490 g/mol. The van der Waals surface area contributed by atoms with Crippen molar-refractivity contribution in [1.29, 1.82) is 0 Å². The van der Waals surface area contributed by atoms with Gasteiger partial charge in [0.2, 0.25) is 11.7 Å². The van der Waals surface area contributed by atoms with Crippen LogP contribution in [0.1, 0.15) is 6.92 Å². The van der Waals surface area contributed by atoms with Gasteiger partial charge in [0.25, 0.3) is 0 Å². The van der Waals surface area contributed by atoms with Crippen LogP contribution in [0.5, 0.6) is 5.75 Å². The fourth-order valence-corrected chi connectivity index (χ4v) is 4.94. The van der Waals surface area contributed by atoms with Crippen molar-refractivity contribution in [1.82, 2.24) is 19.7 Å². The molecule has 0 N–H and O–H groups in total. The lowest BCUT2D eigenvalue weighted by molar-refractivity contribution is -0.128. The first kappa shape index (κ1) is 23.0. The number of amides is 1. The Balaban J connectivity index is 1.28. The third-order valence-electron chi connectivity index (χ3n) is 5.86. The summed E-state index contributed by atoms with van der Waals surface area (Å²) in [6.45, 7) is 5.62. The van der Waals surface area contributed by atoms with Crippen LogP contribution in [-0.2, 0) is 4.79 Å². The summed E-state index contributed by atoms with van der Waals surface area (Å²) in [4.78, 5) is 17.3. The molecule has 0 atom stereocenters. The number of carbonyl (C=O) groups is 1. The maximum atomic E-state index is 13.0. The molecule has 0 radical (unpaired) electrons. The third-order valence-corrected chi connectivity index (χ3v) is 6.77. The van der Waals surface area contributed by atoms with Crippen LogP contribution >= 0.6 is 11.8 Å². The van der Waals surface area contributed by atoms with Crippen LogP contribution in [0, 0.1) is 0 Å². The minimum absolute atomic E-state index is 0.100. The van der Waals surface area contributed by atoms with E-state index in [9.17, 15) is 4.79 Å². The molecule has 3 heterocycles. The molecule has 0 saturated carbocycles. The lowest BCUT2D eigenvalue weighted by Gasteiger charge is -2.36. The van der Waals surface area contributed by atoms with Crippen molar-refractivity contribution in [3.63, 3.8) is 0 Å². The van der Waals surface area contributed by atoms with Crippen LogP contribution in [0.15, 0.2) is 82.6 Å². The normalized spacial score (nSPS) is 13.7. The van der Waals surface area contributed by atoms with Crippen LogP contribution in [0.3, 0.4) is 0 Å². The van der Waals surface area contributed by atoms with Gasteiger partial charge in [-0.25, -0.2) is 0 Å². The molecular weight excluding hydrogens is 462 g/mol. The van der Waals surface area contributed by atoms with Gasteiger partial charge in [0, 0.05) is 31.9 Å². The summed E-state index contributed by atoms with van der Waals surface area (Å²) in [6.07, 6.45) is 1.61. The molecule has 1 aliphatic heterocycles. The monoisotopic (exact) mass is 489 g/mol. The van der Waals surface area contributed by atoms with E-state index < -0.39 is 0 Å². The van der Waals surface area contributed by atoms with Crippen LogP contribution < -0.4 is 9.64 Å². The highest BCUT2D eigenvalue weighted by Crippen LogP contribution is 2.29. The molecule has 0 unspecified atom stereocenters. The molecule has 1 aliphatic rings. The fraction of sp³-hybridized carbons (Fsp3) is 0.269. The smallest absolute Gasteiger partial charge is 0.233 e. The van der Waals surface area contributed by atoms with Gasteiger partial charge in [-0.3, -0.25) is 9.36 Å². The van der Waals surface area contributed by atoms with Gasteiger partial charge in [-0.2, -0.15) is 0 Å². The molecule has 2 aromatic carbocycles. The lowest BCUT2D eigenvalue weighted by atomic mass is 10.2. The summed E-state index contributed by atoms with van der Waals surface area (Å²) < 4.78 is 13.1. The number of furan rings is 1. The molecule has 4 aromatic rings. The molecule has 0 spiro atoms. The van der Waals surface area contributed by atoms with Gasteiger partial charge in [-0.1, -0.05) is 30.0 Å². The number of benzene rings is 2. The summed E-state index contributed by atoms with van der Waals surface area (Å²) in [5.41, 5.74) is 2.07. The Morgan fingerprint density at radius 3 is 2.40 bits per heavy atom. The number of para-hydroxylation sites is 1. The number of thioether (sulfide) groups is 1. The number of rotatable bonds is 8. The summed E-state index contributed by atoms with van der Waals surface area (Å²) in [5, 5.41) is 9.38. The Morgan fingerprint density at radius 1 is 0.943 bits per heavy atom. The fourth-order valence-electron chi connectivity index (χ4n) is 4.09. The molecule has 2 aromatic heterocycles. The van der Waals surface area contributed by atoms with Gasteiger partial charge in [0.1, 0.15) is 5.75 Å². The minimum atomic E-state index is 0.100. The van der Waals surface area contributed by atoms with E-state index in [-0.39, 0.29) is 5.91 Å². The zero-order chi connectivity index (χ0) is 24.0. The molecule has 1 amide bonds. The molecule has 8 nitrogen and oxygen atoms in total. The first-order chi connectivity index (χ1) is 17.2. The first-order valence-corrected chi connectivity index (χ1v) is 12.6. The van der Waals surface area contributed by atoms with Crippen molar-refractivity contribution in [3.05, 3.63) is 73.0 Å². The number of aromatic nitrogens is 3. The average Bonchev–Trinajstić information content (AvgIpc) is 3.59. The first-order valence-electron chi connectivity index (χ1n) is 11.7. The van der Waals surface area contributed by atoms with E-state index in [1.165, 1.54) is 17.4 Å². The topological polar surface area (TPSA) is 76.6 Å². The second kappa shape index (κ2) is 10.7. The van der Waals surface area contributed by atoms with Crippen LogP contribution in [-0.4, -0.2) is 64.1 Å². The standard InChI is InChI=1S/C26H27N5O3S/c1-2-33-22-12-10-21(11-13-22)31-25(23-9-6-18-34-23)27-28-26(31)35-19-24(32)30-16-14-29(15-17-30)20-7-4-3-5-8-20/h3-13,18H,2,14-17,19H2,1H3. The number of hydrogen-bond acceptors (Lipinski definition) is 7. The largest absolute Gasteiger partial charge is 0.494 e. The van der Waals surface area contributed by atoms with Gasteiger partial charge in [0.05, 0.1) is 24.3 Å². The minimum Gasteiger partial charge on any atom is -0.494 e. The Bertz CT molecular complexity index is 1230. The van der Waals surface area contributed by atoms with Crippen molar-refractivity contribution >= 4 is 23.4 Å². The molecule has 1 saturated heterocycles. The highest BCUT2D eigenvalue weighted by molar-refractivity contribution is 7.99. The summed E-state index contributed by atoms with van der Waals surface area (Å²) in [7, 11) is 0. The molecule has 0 aliphatic carbocycles. The zero-order valence-electron chi connectivity index (χ0n) is 19.5. The Hall–Kier alpha value is -3.72. The van der Waals surface area contributed by atoms with Crippen LogP contribution in [0.2, 0.25) is 0 Å². The molecule has 0 bridgehead atoms. The predicted octanol–water partition coefficient (Wildman–Crippen LogP) is 4.37. The van der Waals surface area contributed by atoms with E-state index >= 15 is 0 Å². The van der Waals surface area contributed by atoms with E-state index in [0.29, 0.717) is 42.2 Å². The third kappa shape index (κ3) is 5.19. The van der Waals surface area contributed by atoms with Crippen LogP contribution in [0.4, 0.5) is 5.69 Å². The lowest BCUT2D eigenvalue weighted by Crippen LogP contribution is -2.49. The predicted molar refractivity (Wildman–Crippen MR) is 136 cm³/mol. The van der Waals surface area contributed by atoms with Gasteiger partial charge in [-0.15, -0.1) is 10.2 Å². The zero-order valence-corrected chi connectivity index (χ0v) is 20.4. The molecular formula is C26H27N5O3S. The van der Waals surface area contributed by atoms with Crippen molar-refractivity contribution in [2.24, 2.45) is 0 Å². The van der Waals surface area contributed by atoms with Gasteiger partial charge < -0.3 is 19.0 Å². The van der Waals surface area contributed by atoms with E-state index in [2.05, 4.69) is 27.2 Å². The van der Waals surface area contributed by atoms with Gasteiger partial charge >= 0.3 is 0 Å².